The van der Waals surface area contributed by atoms with Crippen molar-refractivity contribution in [2.75, 3.05) is 19.6 Å². The van der Waals surface area contributed by atoms with Crippen LogP contribution in [-0.2, 0) is 0 Å². The van der Waals surface area contributed by atoms with Crippen LogP contribution in [0.4, 0.5) is 13.2 Å². The summed E-state index contributed by atoms with van der Waals surface area (Å²) in [7, 11) is 0. The number of halogens is 3. The highest BCUT2D eigenvalue weighted by Gasteiger charge is 2.28. The molecule has 0 saturated carbocycles. The highest BCUT2D eigenvalue weighted by molar-refractivity contribution is 4.75. The van der Waals surface area contributed by atoms with Crippen LogP contribution in [0.1, 0.15) is 33.1 Å². The van der Waals surface area contributed by atoms with E-state index >= 15 is 0 Å². The summed E-state index contributed by atoms with van der Waals surface area (Å²) >= 11 is 0. The first kappa shape index (κ1) is 13.8. The zero-order valence-electron chi connectivity index (χ0n) is 9.98. The average Bonchev–Trinajstić information content (AvgIpc) is 2.12. The standard InChI is InChI=1S/C11H21F3N2/c1-9-3-6-16(7-4-10(2)15-9)8-5-11(12,13)14/h9-10,15H,3-8H2,1-2H3. The zero-order valence-corrected chi connectivity index (χ0v) is 9.98. The molecule has 1 aliphatic rings. The number of hydrogen-bond donors (Lipinski definition) is 1. The molecule has 1 aliphatic heterocycles. The molecule has 0 radical (unpaired) electrons. The van der Waals surface area contributed by atoms with E-state index in [1.54, 1.807) is 0 Å². The van der Waals surface area contributed by atoms with Gasteiger partial charge in [-0.25, -0.2) is 0 Å². The lowest BCUT2D eigenvalue weighted by Gasteiger charge is -2.31. The normalized spacial score (nSPS) is 29.8. The van der Waals surface area contributed by atoms with E-state index in [1.165, 1.54) is 0 Å². The van der Waals surface area contributed by atoms with E-state index in [-0.39, 0.29) is 6.54 Å². The summed E-state index contributed by atoms with van der Waals surface area (Å²) in [6.07, 6.45) is -2.88. The summed E-state index contributed by atoms with van der Waals surface area (Å²) in [6, 6.07) is 0.785. The van der Waals surface area contributed by atoms with Crippen molar-refractivity contribution < 1.29 is 13.2 Å². The number of hydrogen-bond acceptors (Lipinski definition) is 2. The second-order valence-electron chi connectivity index (χ2n) is 4.75. The molecule has 0 aliphatic carbocycles. The van der Waals surface area contributed by atoms with Gasteiger partial charge in [0.05, 0.1) is 6.42 Å². The lowest BCUT2D eigenvalue weighted by molar-refractivity contribution is -0.138. The highest BCUT2D eigenvalue weighted by atomic mass is 19.4. The number of nitrogens with one attached hydrogen (secondary N) is 1. The summed E-state index contributed by atoms with van der Waals surface area (Å²) in [5, 5.41) is 3.43. The molecule has 2 nitrogen and oxygen atoms in total. The van der Waals surface area contributed by atoms with Gasteiger partial charge < -0.3 is 10.2 Å². The van der Waals surface area contributed by atoms with Crippen molar-refractivity contribution in [1.82, 2.24) is 10.2 Å². The van der Waals surface area contributed by atoms with E-state index in [0.717, 1.165) is 25.9 Å². The fourth-order valence-electron chi connectivity index (χ4n) is 2.03. The summed E-state index contributed by atoms with van der Waals surface area (Å²) in [4.78, 5) is 1.93. The van der Waals surface area contributed by atoms with E-state index in [1.807, 2.05) is 4.90 Å². The van der Waals surface area contributed by atoms with Crippen molar-refractivity contribution in [3.8, 4) is 0 Å². The maximum Gasteiger partial charge on any atom is 0.390 e. The summed E-state index contributed by atoms with van der Waals surface area (Å²) < 4.78 is 36.3. The van der Waals surface area contributed by atoms with Crippen LogP contribution in [-0.4, -0.2) is 42.8 Å². The monoisotopic (exact) mass is 238 g/mol. The van der Waals surface area contributed by atoms with Gasteiger partial charge in [-0.3, -0.25) is 0 Å². The van der Waals surface area contributed by atoms with Gasteiger partial charge in [-0.05, 0) is 39.8 Å². The van der Waals surface area contributed by atoms with Gasteiger partial charge in [0.2, 0.25) is 0 Å². The van der Waals surface area contributed by atoms with Gasteiger partial charge in [-0.1, -0.05) is 0 Å². The van der Waals surface area contributed by atoms with Crippen LogP contribution in [0.2, 0.25) is 0 Å². The molecule has 1 N–H and O–H groups in total. The maximum atomic E-state index is 12.1. The van der Waals surface area contributed by atoms with E-state index < -0.39 is 12.6 Å². The highest BCUT2D eigenvalue weighted by Crippen LogP contribution is 2.20. The Hall–Kier alpha value is -0.290. The molecule has 1 fully saturated rings. The molecule has 2 unspecified atom stereocenters. The van der Waals surface area contributed by atoms with Crippen molar-refractivity contribution in [1.29, 1.82) is 0 Å². The number of rotatable bonds is 2. The van der Waals surface area contributed by atoms with Crippen LogP contribution >= 0.6 is 0 Å². The van der Waals surface area contributed by atoms with Gasteiger partial charge in [-0.15, -0.1) is 0 Å². The lowest BCUT2D eigenvalue weighted by Crippen LogP contribution is -2.43. The van der Waals surface area contributed by atoms with Crippen molar-refractivity contribution >= 4 is 0 Å². The average molecular weight is 238 g/mol. The van der Waals surface area contributed by atoms with Crippen molar-refractivity contribution in [3.05, 3.63) is 0 Å². The first-order valence-electron chi connectivity index (χ1n) is 5.92. The molecule has 0 amide bonds. The molecule has 1 heterocycles. The molecule has 5 heteroatoms. The van der Waals surface area contributed by atoms with Gasteiger partial charge in [-0.2, -0.15) is 13.2 Å². The zero-order chi connectivity index (χ0) is 12.2. The van der Waals surface area contributed by atoms with Crippen molar-refractivity contribution in [2.45, 2.75) is 51.4 Å². The molecule has 1 saturated heterocycles. The van der Waals surface area contributed by atoms with Crippen LogP contribution in [0.15, 0.2) is 0 Å². The molecule has 16 heavy (non-hydrogen) atoms. The molecule has 2 atom stereocenters. The van der Waals surface area contributed by atoms with Crippen LogP contribution in [0.25, 0.3) is 0 Å². The molecule has 0 aromatic rings. The van der Waals surface area contributed by atoms with Gasteiger partial charge in [0, 0.05) is 18.6 Å². The Morgan fingerprint density at radius 2 is 1.62 bits per heavy atom. The van der Waals surface area contributed by atoms with Gasteiger partial charge in [0.25, 0.3) is 0 Å². The van der Waals surface area contributed by atoms with Gasteiger partial charge in [0.15, 0.2) is 0 Å². The Bertz CT molecular complexity index is 194. The third-order valence-electron chi connectivity index (χ3n) is 3.04. The molecule has 0 aromatic carbocycles. The summed E-state index contributed by atoms with van der Waals surface area (Å²) in [5.74, 6) is 0. The van der Waals surface area contributed by atoms with Gasteiger partial charge in [0.1, 0.15) is 0 Å². The Morgan fingerprint density at radius 3 is 2.06 bits per heavy atom. The molecule has 0 spiro atoms. The van der Waals surface area contributed by atoms with Crippen LogP contribution in [0.3, 0.4) is 0 Å². The topological polar surface area (TPSA) is 15.3 Å². The minimum Gasteiger partial charge on any atom is -0.312 e. The molecule has 1 rings (SSSR count). The fourth-order valence-corrected chi connectivity index (χ4v) is 2.03. The van der Waals surface area contributed by atoms with Crippen molar-refractivity contribution in [2.24, 2.45) is 0 Å². The lowest BCUT2D eigenvalue weighted by atomic mass is 10.1. The SMILES string of the molecule is CC1CCN(CCC(F)(F)F)CCC(C)N1. The smallest absolute Gasteiger partial charge is 0.312 e. The quantitative estimate of drug-likeness (QED) is 0.794. The Kier molecular flexibility index (Phi) is 5.05. The second-order valence-corrected chi connectivity index (χ2v) is 4.75. The van der Waals surface area contributed by atoms with E-state index in [0.29, 0.717) is 12.1 Å². The molecular weight excluding hydrogens is 217 g/mol. The third kappa shape index (κ3) is 5.70. The Morgan fingerprint density at radius 1 is 1.12 bits per heavy atom. The van der Waals surface area contributed by atoms with E-state index in [2.05, 4.69) is 19.2 Å². The minimum atomic E-state index is -4.03. The van der Waals surface area contributed by atoms with E-state index in [9.17, 15) is 13.2 Å². The van der Waals surface area contributed by atoms with E-state index in [4.69, 9.17) is 0 Å². The number of alkyl halides is 3. The predicted octanol–water partition coefficient (Wildman–Crippen LogP) is 2.40. The first-order chi connectivity index (χ1) is 7.37. The Balaban J connectivity index is 2.35. The number of nitrogens with zero attached hydrogens (tertiary/aromatic N) is 1. The molecule has 0 bridgehead atoms. The predicted molar refractivity (Wildman–Crippen MR) is 58.4 cm³/mol. The largest absolute Gasteiger partial charge is 0.390 e. The summed E-state index contributed by atoms with van der Waals surface area (Å²) in [5.41, 5.74) is 0. The Labute approximate surface area is 95.2 Å². The molecular formula is C11H21F3N2. The van der Waals surface area contributed by atoms with Crippen LogP contribution in [0.5, 0.6) is 0 Å². The second kappa shape index (κ2) is 5.87. The minimum absolute atomic E-state index is 0.142. The van der Waals surface area contributed by atoms with Crippen LogP contribution in [0, 0.1) is 0 Å². The van der Waals surface area contributed by atoms with Crippen molar-refractivity contribution in [3.63, 3.8) is 0 Å². The first-order valence-corrected chi connectivity index (χ1v) is 5.92. The van der Waals surface area contributed by atoms with Crippen LogP contribution < -0.4 is 5.32 Å². The molecule has 0 aromatic heterocycles. The molecule has 96 valence electrons. The third-order valence-corrected chi connectivity index (χ3v) is 3.04. The summed E-state index contributed by atoms with van der Waals surface area (Å²) in [6.45, 7) is 5.84. The van der Waals surface area contributed by atoms with Gasteiger partial charge >= 0.3 is 6.18 Å². The fraction of sp³-hybridized carbons (Fsp3) is 1.00. The maximum absolute atomic E-state index is 12.1.